The standard InChI is InChI=1S/C5H4ClN.BH3O2/c6-5-3-1-2-4-7-5;2-1-3/h1-4H;1-3H. The SMILES string of the molecule is Clc1ccccn1.OBO. The van der Waals surface area contributed by atoms with E-state index >= 15 is 0 Å². The first kappa shape index (κ1) is 9.42. The maximum absolute atomic E-state index is 7.12. The molecule has 0 saturated carbocycles. The molecule has 2 N–H and O–H groups in total. The van der Waals surface area contributed by atoms with Crippen molar-refractivity contribution in [2.75, 3.05) is 0 Å². The number of halogens is 1. The van der Waals surface area contributed by atoms with Gasteiger partial charge in [0.05, 0.1) is 0 Å². The molecule has 1 heterocycles. The third-order valence-corrected chi connectivity index (χ3v) is 0.852. The van der Waals surface area contributed by atoms with Crippen LogP contribution in [-0.2, 0) is 0 Å². The molecule has 0 unspecified atom stereocenters. The van der Waals surface area contributed by atoms with Gasteiger partial charge in [-0.05, 0) is 12.1 Å². The quantitative estimate of drug-likeness (QED) is 0.413. The summed E-state index contributed by atoms with van der Waals surface area (Å²) < 4.78 is 0. The number of pyridine rings is 1. The molecule has 1 aromatic rings. The zero-order valence-electron chi connectivity index (χ0n) is 5.24. The smallest absolute Gasteiger partial charge is 0.430 e. The van der Waals surface area contributed by atoms with Crippen molar-refractivity contribution >= 4 is 19.3 Å². The zero-order valence-corrected chi connectivity index (χ0v) is 5.99. The fraction of sp³-hybridized carbons (Fsp3) is 0. The molecule has 0 fully saturated rings. The van der Waals surface area contributed by atoms with Gasteiger partial charge in [-0.2, -0.15) is 0 Å². The number of hydrogen-bond donors (Lipinski definition) is 2. The second-order valence-electron chi connectivity index (χ2n) is 1.29. The van der Waals surface area contributed by atoms with Crippen LogP contribution in [0.2, 0.25) is 5.15 Å². The fourth-order valence-electron chi connectivity index (χ4n) is 0.342. The highest BCUT2D eigenvalue weighted by atomic mass is 35.5. The van der Waals surface area contributed by atoms with Crippen LogP contribution in [0.25, 0.3) is 0 Å². The van der Waals surface area contributed by atoms with Crippen LogP contribution in [0.5, 0.6) is 0 Å². The van der Waals surface area contributed by atoms with E-state index in [4.69, 9.17) is 21.6 Å². The Kier molecular flexibility index (Phi) is 6.17. The minimum absolute atomic E-state index is 0.544. The lowest BCUT2D eigenvalue weighted by Crippen LogP contribution is -1.75. The Morgan fingerprint density at radius 1 is 1.40 bits per heavy atom. The van der Waals surface area contributed by atoms with Crippen molar-refractivity contribution in [3.8, 4) is 0 Å². The highest BCUT2D eigenvalue weighted by Crippen LogP contribution is 1.98. The van der Waals surface area contributed by atoms with E-state index in [0.717, 1.165) is 0 Å². The predicted molar refractivity (Wildman–Crippen MR) is 40.8 cm³/mol. The van der Waals surface area contributed by atoms with E-state index in [0.29, 0.717) is 5.15 Å². The lowest BCUT2D eigenvalue weighted by atomic mass is 10.5. The van der Waals surface area contributed by atoms with E-state index < -0.39 is 7.69 Å². The zero-order chi connectivity index (χ0) is 7.82. The summed E-state index contributed by atoms with van der Waals surface area (Å²) in [5.74, 6) is 0. The highest BCUT2D eigenvalue weighted by Gasteiger charge is 1.76. The van der Waals surface area contributed by atoms with Crippen molar-refractivity contribution in [2.24, 2.45) is 0 Å². The average molecular weight is 159 g/mol. The molecular formula is C5H7BClNO2. The summed E-state index contributed by atoms with van der Waals surface area (Å²) in [5.41, 5.74) is 0. The largest absolute Gasteiger partial charge is 0.432 e. The summed E-state index contributed by atoms with van der Waals surface area (Å²) >= 11 is 5.43. The Bertz CT molecular complexity index is 161. The molecule has 0 aliphatic carbocycles. The van der Waals surface area contributed by atoms with Gasteiger partial charge in [-0.1, -0.05) is 17.7 Å². The van der Waals surface area contributed by atoms with Gasteiger partial charge in [0.1, 0.15) is 5.15 Å². The van der Waals surface area contributed by atoms with Gasteiger partial charge >= 0.3 is 7.69 Å². The molecule has 0 aromatic carbocycles. The van der Waals surface area contributed by atoms with Crippen molar-refractivity contribution in [3.05, 3.63) is 29.5 Å². The normalized spacial score (nSPS) is 7.50. The summed E-state index contributed by atoms with van der Waals surface area (Å²) in [6.07, 6.45) is 1.66. The average Bonchev–Trinajstić information content (AvgIpc) is 1.91. The number of rotatable bonds is 0. The third kappa shape index (κ3) is 5.56. The van der Waals surface area contributed by atoms with Crippen LogP contribution in [0.3, 0.4) is 0 Å². The van der Waals surface area contributed by atoms with Gasteiger partial charge in [-0.25, -0.2) is 4.98 Å². The Labute approximate surface area is 64.6 Å². The summed E-state index contributed by atoms with van der Waals surface area (Å²) in [6.45, 7) is 0. The number of hydrogen-bond acceptors (Lipinski definition) is 3. The van der Waals surface area contributed by atoms with Gasteiger partial charge in [0.2, 0.25) is 0 Å². The van der Waals surface area contributed by atoms with E-state index in [1.807, 2.05) is 12.1 Å². The number of aromatic nitrogens is 1. The van der Waals surface area contributed by atoms with Crippen LogP contribution in [0.4, 0.5) is 0 Å². The molecule has 3 nitrogen and oxygen atoms in total. The molecule has 0 saturated heterocycles. The van der Waals surface area contributed by atoms with Gasteiger partial charge in [0.15, 0.2) is 0 Å². The van der Waals surface area contributed by atoms with E-state index in [2.05, 4.69) is 4.98 Å². The van der Waals surface area contributed by atoms with Crippen LogP contribution in [-0.4, -0.2) is 22.7 Å². The minimum atomic E-state index is -0.750. The maximum atomic E-state index is 7.12. The van der Waals surface area contributed by atoms with Crippen LogP contribution in [0.1, 0.15) is 0 Å². The van der Waals surface area contributed by atoms with Crippen LogP contribution < -0.4 is 0 Å². The number of nitrogens with zero attached hydrogens (tertiary/aromatic N) is 1. The van der Waals surface area contributed by atoms with Gasteiger partial charge in [0.25, 0.3) is 0 Å². The second-order valence-corrected chi connectivity index (χ2v) is 1.68. The van der Waals surface area contributed by atoms with E-state index in [1.165, 1.54) is 0 Å². The lowest BCUT2D eigenvalue weighted by molar-refractivity contribution is 0.448. The Balaban J connectivity index is 0.000000236. The molecule has 5 heteroatoms. The summed E-state index contributed by atoms with van der Waals surface area (Å²) in [6, 6.07) is 5.41. The Morgan fingerprint density at radius 3 is 2.20 bits per heavy atom. The lowest BCUT2D eigenvalue weighted by Gasteiger charge is -1.79. The Morgan fingerprint density at radius 2 is 2.00 bits per heavy atom. The first-order valence-electron chi connectivity index (χ1n) is 2.59. The van der Waals surface area contributed by atoms with Crippen molar-refractivity contribution in [2.45, 2.75) is 0 Å². The molecule has 1 aromatic heterocycles. The maximum Gasteiger partial charge on any atom is 0.432 e. The topological polar surface area (TPSA) is 53.4 Å². The molecule has 1 rings (SSSR count). The molecule has 0 amide bonds. The second kappa shape index (κ2) is 6.54. The van der Waals surface area contributed by atoms with E-state index in [9.17, 15) is 0 Å². The molecule has 0 aliphatic rings. The van der Waals surface area contributed by atoms with Crippen molar-refractivity contribution in [1.82, 2.24) is 4.98 Å². The summed E-state index contributed by atoms with van der Waals surface area (Å²) in [4.78, 5) is 3.74. The molecule has 54 valence electrons. The van der Waals surface area contributed by atoms with E-state index in [1.54, 1.807) is 12.3 Å². The van der Waals surface area contributed by atoms with Crippen LogP contribution in [0.15, 0.2) is 24.4 Å². The molecular weight excluding hydrogens is 152 g/mol. The van der Waals surface area contributed by atoms with Crippen molar-refractivity contribution in [1.29, 1.82) is 0 Å². The first-order chi connectivity index (χ1) is 4.81. The predicted octanol–water partition coefficient (Wildman–Crippen LogP) is -0.0275. The minimum Gasteiger partial charge on any atom is -0.430 e. The Hall–Kier alpha value is -0.575. The van der Waals surface area contributed by atoms with Gasteiger partial charge < -0.3 is 10.0 Å². The van der Waals surface area contributed by atoms with Gasteiger partial charge in [0, 0.05) is 6.20 Å². The van der Waals surface area contributed by atoms with Crippen LogP contribution >= 0.6 is 11.6 Å². The van der Waals surface area contributed by atoms with Gasteiger partial charge in [-0.3, -0.25) is 0 Å². The molecule has 10 heavy (non-hydrogen) atoms. The van der Waals surface area contributed by atoms with Crippen molar-refractivity contribution in [3.63, 3.8) is 0 Å². The van der Waals surface area contributed by atoms with E-state index in [-0.39, 0.29) is 0 Å². The molecule has 0 atom stereocenters. The molecule has 0 bridgehead atoms. The highest BCUT2D eigenvalue weighted by molar-refractivity contribution is 6.29. The first-order valence-corrected chi connectivity index (χ1v) is 2.97. The van der Waals surface area contributed by atoms with Gasteiger partial charge in [-0.15, -0.1) is 0 Å². The fourth-order valence-corrected chi connectivity index (χ4v) is 0.471. The summed E-state index contributed by atoms with van der Waals surface area (Å²) in [5, 5.41) is 14.8. The summed E-state index contributed by atoms with van der Waals surface area (Å²) in [7, 11) is -0.750. The van der Waals surface area contributed by atoms with Crippen molar-refractivity contribution < 1.29 is 10.0 Å². The molecule has 0 aliphatic heterocycles. The monoisotopic (exact) mass is 159 g/mol. The molecule has 0 radical (unpaired) electrons. The van der Waals surface area contributed by atoms with Crippen LogP contribution in [0, 0.1) is 0 Å². The third-order valence-electron chi connectivity index (χ3n) is 0.629. The molecule has 0 spiro atoms.